The molecule has 0 radical (unpaired) electrons. The Morgan fingerprint density at radius 1 is 1.55 bits per heavy atom. The van der Waals surface area contributed by atoms with E-state index >= 15 is 0 Å². The van der Waals surface area contributed by atoms with Crippen LogP contribution >= 0.6 is 27.3 Å². The highest BCUT2D eigenvalue weighted by Crippen LogP contribution is 2.19. The van der Waals surface area contributed by atoms with E-state index in [0.29, 0.717) is 6.54 Å². The lowest BCUT2D eigenvalue weighted by Crippen LogP contribution is -2.27. The summed E-state index contributed by atoms with van der Waals surface area (Å²) in [6.07, 6.45) is 4.80. The Morgan fingerprint density at radius 3 is 2.90 bits per heavy atom. The Bertz CT molecular complexity index is 605. The summed E-state index contributed by atoms with van der Waals surface area (Å²) in [7, 11) is 1.83. The van der Waals surface area contributed by atoms with Crippen LogP contribution in [0.1, 0.15) is 33.7 Å². The number of hydrogen-bond donors (Lipinski definition) is 0. The third-order valence-corrected chi connectivity index (χ3v) is 4.29. The van der Waals surface area contributed by atoms with E-state index in [1.54, 1.807) is 16.2 Å². The average Bonchev–Trinajstić information content (AvgIpc) is 2.95. The summed E-state index contributed by atoms with van der Waals surface area (Å²) in [5.74, 6) is 0.0372. The first kappa shape index (κ1) is 15.3. The lowest BCUT2D eigenvalue weighted by atomic mass is 10.3. The Kier molecular flexibility index (Phi) is 4.99. The molecule has 0 unspecified atom stereocenters. The molecule has 2 aromatic heterocycles. The second kappa shape index (κ2) is 6.54. The second-order valence-corrected chi connectivity index (χ2v) is 6.98. The third-order valence-electron chi connectivity index (χ3n) is 2.96. The van der Waals surface area contributed by atoms with Gasteiger partial charge in [-0.05, 0) is 35.3 Å². The van der Waals surface area contributed by atoms with E-state index in [9.17, 15) is 4.79 Å². The van der Waals surface area contributed by atoms with Crippen LogP contribution in [0.2, 0.25) is 0 Å². The van der Waals surface area contributed by atoms with Gasteiger partial charge in [0.1, 0.15) is 5.69 Å². The molecule has 2 heterocycles. The van der Waals surface area contributed by atoms with Crippen LogP contribution in [0, 0.1) is 6.92 Å². The minimum atomic E-state index is 0.0372. The van der Waals surface area contributed by atoms with Crippen molar-refractivity contribution in [3.05, 3.63) is 38.5 Å². The molecular formula is C14H18BrN3OS. The Morgan fingerprint density at radius 2 is 2.30 bits per heavy atom. The maximum Gasteiger partial charge on any atom is 0.270 e. The minimum Gasteiger partial charge on any atom is -0.342 e. The highest BCUT2D eigenvalue weighted by Gasteiger charge is 2.17. The molecule has 0 fully saturated rings. The number of thiazole rings is 1. The average molecular weight is 356 g/mol. The fraction of sp³-hybridized carbons (Fsp3) is 0.429. The standard InChI is InChI=1S/C14H18BrN3OS/c1-4-5-18-8-11(15)6-13(18)14(19)17(3)9-12-7-16-10(2)20-12/h6-8H,4-5,9H2,1-3H3. The van der Waals surface area contributed by atoms with Crippen molar-refractivity contribution in [2.75, 3.05) is 7.05 Å². The fourth-order valence-electron chi connectivity index (χ4n) is 2.06. The molecule has 0 aliphatic heterocycles. The highest BCUT2D eigenvalue weighted by molar-refractivity contribution is 9.10. The SMILES string of the molecule is CCCn1cc(Br)cc1C(=O)N(C)Cc1cnc(C)s1. The number of rotatable bonds is 5. The number of halogens is 1. The first-order valence-corrected chi connectivity index (χ1v) is 8.14. The van der Waals surface area contributed by atoms with Crippen molar-refractivity contribution in [2.45, 2.75) is 33.4 Å². The van der Waals surface area contributed by atoms with Gasteiger partial charge >= 0.3 is 0 Å². The predicted molar refractivity (Wildman–Crippen MR) is 85.1 cm³/mol. The molecule has 1 amide bonds. The Hall–Kier alpha value is -1.14. The highest BCUT2D eigenvalue weighted by atomic mass is 79.9. The van der Waals surface area contributed by atoms with Crippen LogP contribution in [0.25, 0.3) is 0 Å². The molecule has 20 heavy (non-hydrogen) atoms. The minimum absolute atomic E-state index is 0.0372. The molecule has 0 saturated heterocycles. The van der Waals surface area contributed by atoms with E-state index in [1.807, 2.05) is 37.0 Å². The molecule has 2 rings (SSSR count). The van der Waals surface area contributed by atoms with E-state index in [0.717, 1.165) is 33.0 Å². The number of amides is 1. The molecule has 2 aromatic rings. The van der Waals surface area contributed by atoms with Gasteiger partial charge in [-0.15, -0.1) is 11.3 Å². The topological polar surface area (TPSA) is 38.1 Å². The molecule has 0 bridgehead atoms. The maximum atomic E-state index is 12.5. The zero-order valence-corrected chi connectivity index (χ0v) is 14.3. The number of nitrogens with zero attached hydrogens (tertiary/aromatic N) is 3. The molecule has 108 valence electrons. The van der Waals surface area contributed by atoms with Crippen LogP contribution in [0.15, 0.2) is 22.9 Å². The maximum absolute atomic E-state index is 12.5. The van der Waals surface area contributed by atoms with Gasteiger partial charge in [-0.25, -0.2) is 4.98 Å². The normalized spacial score (nSPS) is 10.8. The molecule has 0 aromatic carbocycles. The smallest absolute Gasteiger partial charge is 0.270 e. The summed E-state index contributed by atoms with van der Waals surface area (Å²) < 4.78 is 2.94. The quantitative estimate of drug-likeness (QED) is 0.819. The molecule has 0 aliphatic carbocycles. The first-order chi connectivity index (χ1) is 9.51. The fourth-order valence-corrected chi connectivity index (χ4v) is 3.37. The summed E-state index contributed by atoms with van der Waals surface area (Å²) in [5, 5.41) is 1.03. The number of aryl methyl sites for hydroxylation is 2. The summed E-state index contributed by atoms with van der Waals surface area (Å²) in [5.41, 5.74) is 0.725. The first-order valence-electron chi connectivity index (χ1n) is 6.53. The van der Waals surface area contributed by atoms with Crippen LogP contribution < -0.4 is 0 Å². The lowest BCUT2D eigenvalue weighted by molar-refractivity contribution is 0.0775. The van der Waals surface area contributed by atoms with Crippen molar-refractivity contribution in [1.29, 1.82) is 0 Å². The Labute approximate surface area is 131 Å². The number of carbonyl (C=O) groups is 1. The lowest BCUT2D eigenvalue weighted by Gasteiger charge is -2.17. The van der Waals surface area contributed by atoms with E-state index in [2.05, 4.69) is 27.8 Å². The van der Waals surface area contributed by atoms with Gasteiger partial charge in [0.25, 0.3) is 5.91 Å². The van der Waals surface area contributed by atoms with Crippen molar-refractivity contribution in [1.82, 2.24) is 14.5 Å². The number of carbonyl (C=O) groups excluding carboxylic acids is 1. The molecular weight excluding hydrogens is 338 g/mol. The van der Waals surface area contributed by atoms with Crippen molar-refractivity contribution in [3.8, 4) is 0 Å². The molecule has 6 heteroatoms. The van der Waals surface area contributed by atoms with Crippen molar-refractivity contribution in [2.24, 2.45) is 0 Å². The summed E-state index contributed by atoms with van der Waals surface area (Å²) >= 11 is 5.07. The largest absolute Gasteiger partial charge is 0.342 e. The van der Waals surface area contributed by atoms with Crippen molar-refractivity contribution < 1.29 is 4.79 Å². The monoisotopic (exact) mass is 355 g/mol. The predicted octanol–water partition coefficient (Wildman–Crippen LogP) is 3.70. The van der Waals surface area contributed by atoms with Gasteiger partial charge in [0.2, 0.25) is 0 Å². The zero-order valence-electron chi connectivity index (χ0n) is 11.9. The third kappa shape index (κ3) is 3.49. The van der Waals surface area contributed by atoms with Gasteiger partial charge < -0.3 is 9.47 Å². The van der Waals surface area contributed by atoms with Gasteiger partial charge in [0, 0.05) is 35.3 Å². The molecule has 0 aliphatic rings. The van der Waals surface area contributed by atoms with Crippen LogP contribution in [-0.4, -0.2) is 27.4 Å². The Balaban J connectivity index is 2.13. The summed E-state index contributed by atoms with van der Waals surface area (Å²) in [6.45, 7) is 5.52. The number of aromatic nitrogens is 2. The summed E-state index contributed by atoms with van der Waals surface area (Å²) in [6, 6.07) is 1.88. The molecule has 0 atom stereocenters. The molecule has 0 saturated carbocycles. The van der Waals surface area contributed by atoms with Crippen molar-refractivity contribution >= 4 is 33.2 Å². The molecule has 0 spiro atoms. The molecule has 4 nitrogen and oxygen atoms in total. The zero-order chi connectivity index (χ0) is 14.7. The van der Waals surface area contributed by atoms with Crippen LogP contribution in [0.5, 0.6) is 0 Å². The molecule has 0 N–H and O–H groups in total. The van der Waals surface area contributed by atoms with Crippen molar-refractivity contribution in [3.63, 3.8) is 0 Å². The van der Waals surface area contributed by atoms with Gasteiger partial charge in [-0.1, -0.05) is 6.92 Å². The van der Waals surface area contributed by atoms with E-state index in [-0.39, 0.29) is 5.91 Å². The van der Waals surface area contributed by atoms with Crippen LogP contribution in [-0.2, 0) is 13.1 Å². The summed E-state index contributed by atoms with van der Waals surface area (Å²) in [4.78, 5) is 19.6. The van der Waals surface area contributed by atoms with Gasteiger partial charge in [0.05, 0.1) is 11.6 Å². The van der Waals surface area contributed by atoms with Crippen LogP contribution in [0.3, 0.4) is 0 Å². The van der Waals surface area contributed by atoms with Gasteiger partial charge in [0.15, 0.2) is 0 Å². The van der Waals surface area contributed by atoms with Crippen LogP contribution in [0.4, 0.5) is 0 Å². The van der Waals surface area contributed by atoms with Gasteiger partial charge in [-0.2, -0.15) is 0 Å². The second-order valence-electron chi connectivity index (χ2n) is 4.74. The van der Waals surface area contributed by atoms with E-state index < -0.39 is 0 Å². The van der Waals surface area contributed by atoms with E-state index in [1.165, 1.54) is 0 Å². The number of hydrogen-bond acceptors (Lipinski definition) is 3. The van der Waals surface area contributed by atoms with Gasteiger partial charge in [-0.3, -0.25) is 4.79 Å². The van der Waals surface area contributed by atoms with E-state index in [4.69, 9.17) is 0 Å².